The highest BCUT2D eigenvalue weighted by atomic mass is 35.5. The summed E-state index contributed by atoms with van der Waals surface area (Å²) < 4.78 is 8.48. The Morgan fingerprint density at radius 2 is 2.00 bits per heavy atom. The van der Waals surface area contributed by atoms with Gasteiger partial charge < -0.3 is 14.6 Å². The SMILES string of the molecule is CCOC(=O)Cc1c(C)cc2nc(-c3ccc4c(n3)c(C3=CCNCC3)cn4C)sc2c1-c1ccc(Cl)cc1. The number of benzene rings is 2. The van der Waals surface area contributed by atoms with Gasteiger partial charge in [-0.15, -0.1) is 11.3 Å². The Labute approximate surface area is 236 Å². The molecule has 3 aromatic heterocycles. The number of fused-ring (bicyclic) bond motifs is 2. The van der Waals surface area contributed by atoms with Crippen LogP contribution in [0.25, 0.3) is 48.7 Å². The van der Waals surface area contributed by atoms with Gasteiger partial charge in [0.2, 0.25) is 0 Å². The van der Waals surface area contributed by atoms with Gasteiger partial charge in [-0.25, -0.2) is 9.97 Å². The van der Waals surface area contributed by atoms with Crippen LogP contribution in [0.3, 0.4) is 0 Å². The number of pyridine rings is 1. The number of aryl methyl sites for hydroxylation is 2. The summed E-state index contributed by atoms with van der Waals surface area (Å²) in [5, 5.41) is 4.91. The number of rotatable bonds is 6. The highest BCUT2D eigenvalue weighted by Crippen LogP contribution is 2.41. The summed E-state index contributed by atoms with van der Waals surface area (Å²) in [4.78, 5) is 22.8. The number of ether oxygens (including phenoxy) is 1. The van der Waals surface area contributed by atoms with Crippen LogP contribution in [0.5, 0.6) is 0 Å². The summed E-state index contributed by atoms with van der Waals surface area (Å²) >= 11 is 7.82. The second kappa shape index (κ2) is 10.6. The van der Waals surface area contributed by atoms with Crippen LogP contribution in [0.2, 0.25) is 5.02 Å². The largest absolute Gasteiger partial charge is 0.466 e. The van der Waals surface area contributed by atoms with Gasteiger partial charge in [-0.3, -0.25) is 4.79 Å². The van der Waals surface area contributed by atoms with Crippen molar-refractivity contribution in [1.82, 2.24) is 19.9 Å². The van der Waals surface area contributed by atoms with Gasteiger partial charge in [0, 0.05) is 35.9 Å². The number of nitrogens with one attached hydrogen (secondary N) is 1. The van der Waals surface area contributed by atoms with Gasteiger partial charge in [0.05, 0.1) is 40.0 Å². The molecule has 8 heteroatoms. The number of carbonyl (C=O) groups excluding carboxylic acids is 1. The minimum Gasteiger partial charge on any atom is -0.466 e. The van der Waals surface area contributed by atoms with Crippen molar-refractivity contribution in [2.24, 2.45) is 7.05 Å². The maximum atomic E-state index is 12.6. The van der Waals surface area contributed by atoms with Gasteiger partial charge in [-0.2, -0.15) is 0 Å². The number of hydrogen-bond acceptors (Lipinski definition) is 6. The van der Waals surface area contributed by atoms with Crippen LogP contribution in [-0.4, -0.2) is 40.2 Å². The molecule has 0 bridgehead atoms. The minimum absolute atomic E-state index is 0.197. The third-order valence-electron chi connectivity index (χ3n) is 7.23. The lowest BCUT2D eigenvalue weighted by Crippen LogP contribution is -2.19. The topological polar surface area (TPSA) is 69.0 Å². The highest BCUT2D eigenvalue weighted by Gasteiger charge is 2.21. The molecule has 0 aliphatic carbocycles. The Balaban J connectivity index is 1.52. The van der Waals surface area contributed by atoms with Gasteiger partial charge in [0.15, 0.2) is 0 Å². The molecule has 0 spiro atoms. The fourth-order valence-electron chi connectivity index (χ4n) is 5.33. The van der Waals surface area contributed by atoms with Crippen molar-refractivity contribution in [2.45, 2.75) is 26.7 Å². The van der Waals surface area contributed by atoms with Crippen molar-refractivity contribution in [3.63, 3.8) is 0 Å². The van der Waals surface area contributed by atoms with E-state index < -0.39 is 0 Å². The summed E-state index contributed by atoms with van der Waals surface area (Å²) in [7, 11) is 2.07. The van der Waals surface area contributed by atoms with E-state index in [9.17, 15) is 4.79 Å². The molecule has 0 unspecified atom stereocenters. The van der Waals surface area contributed by atoms with Crippen LogP contribution in [0.4, 0.5) is 0 Å². The Kier molecular flexibility index (Phi) is 6.97. The van der Waals surface area contributed by atoms with E-state index in [0.29, 0.717) is 11.6 Å². The van der Waals surface area contributed by atoms with Crippen LogP contribution < -0.4 is 5.32 Å². The number of halogens is 1. The van der Waals surface area contributed by atoms with Gasteiger partial charge >= 0.3 is 5.97 Å². The first kappa shape index (κ1) is 25.7. The average Bonchev–Trinajstić information content (AvgIpc) is 3.51. The van der Waals surface area contributed by atoms with Crippen LogP contribution in [0.1, 0.15) is 30.0 Å². The number of esters is 1. The molecule has 1 aliphatic heterocycles. The molecule has 0 atom stereocenters. The van der Waals surface area contributed by atoms with E-state index in [2.05, 4.69) is 47.4 Å². The maximum absolute atomic E-state index is 12.6. The van der Waals surface area contributed by atoms with E-state index in [1.165, 1.54) is 11.1 Å². The molecule has 6 nitrogen and oxygen atoms in total. The molecule has 0 saturated carbocycles. The maximum Gasteiger partial charge on any atom is 0.310 e. The first-order valence-corrected chi connectivity index (χ1v) is 14.3. The summed E-state index contributed by atoms with van der Waals surface area (Å²) in [5.74, 6) is -0.240. The third-order valence-corrected chi connectivity index (χ3v) is 8.59. The molecule has 4 heterocycles. The van der Waals surface area contributed by atoms with Crippen molar-refractivity contribution in [2.75, 3.05) is 19.7 Å². The number of hydrogen-bond donors (Lipinski definition) is 1. The normalized spacial score (nSPS) is 13.7. The Bertz CT molecular complexity index is 1750. The van der Waals surface area contributed by atoms with E-state index in [0.717, 1.165) is 73.7 Å². The first-order chi connectivity index (χ1) is 18.9. The van der Waals surface area contributed by atoms with Crippen LogP contribution in [0.15, 0.2) is 54.7 Å². The van der Waals surface area contributed by atoms with Gasteiger partial charge in [-0.1, -0.05) is 29.8 Å². The lowest BCUT2D eigenvalue weighted by molar-refractivity contribution is -0.142. The van der Waals surface area contributed by atoms with E-state index >= 15 is 0 Å². The Morgan fingerprint density at radius 3 is 2.74 bits per heavy atom. The predicted octanol–water partition coefficient (Wildman–Crippen LogP) is 6.96. The molecule has 39 heavy (non-hydrogen) atoms. The van der Waals surface area contributed by atoms with Gasteiger partial charge in [0.25, 0.3) is 0 Å². The number of carbonyl (C=O) groups is 1. The summed E-state index contributed by atoms with van der Waals surface area (Å²) in [5.41, 5.74) is 10.3. The second-order valence-electron chi connectivity index (χ2n) is 9.80. The standard InChI is InChI=1S/C31H29ClN4O2S/c1-4-38-27(37)16-22-18(2)15-25-30(28(22)20-5-7-21(32)8-6-20)39-31(35-25)24-9-10-26-29(34-24)23(17-36(26)3)19-11-13-33-14-12-19/h5-11,15,17,33H,4,12-14,16H2,1-3H3. The molecule has 0 radical (unpaired) electrons. The predicted molar refractivity (Wildman–Crippen MR) is 160 cm³/mol. The first-order valence-electron chi connectivity index (χ1n) is 13.1. The lowest BCUT2D eigenvalue weighted by Gasteiger charge is -2.14. The summed E-state index contributed by atoms with van der Waals surface area (Å²) in [6, 6.07) is 14.0. The van der Waals surface area contributed by atoms with Crippen molar-refractivity contribution in [3.8, 4) is 21.8 Å². The lowest BCUT2D eigenvalue weighted by atomic mass is 9.93. The fraction of sp³-hybridized carbons (Fsp3) is 0.258. The number of aromatic nitrogens is 3. The molecule has 198 valence electrons. The average molecular weight is 557 g/mol. The van der Waals surface area contributed by atoms with Crippen LogP contribution in [-0.2, 0) is 23.0 Å². The second-order valence-corrected chi connectivity index (χ2v) is 11.2. The Morgan fingerprint density at radius 1 is 1.18 bits per heavy atom. The molecule has 2 aromatic carbocycles. The molecule has 0 saturated heterocycles. The van der Waals surface area contributed by atoms with Crippen molar-refractivity contribution < 1.29 is 9.53 Å². The van der Waals surface area contributed by atoms with E-state index in [4.69, 9.17) is 26.3 Å². The Hall–Kier alpha value is -3.52. The van der Waals surface area contributed by atoms with Gasteiger partial charge in [-0.05, 0) is 79.4 Å². The molecule has 0 amide bonds. The highest BCUT2D eigenvalue weighted by molar-refractivity contribution is 7.22. The molecule has 0 fully saturated rings. The zero-order chi connectivity index (χ0) is 27.1. The van der Waals surface area contributed by atoms with E-state index in [-0.39, 0.29) is 12.4 Å². The number of nitrogens with zero attached hydrogens (tertiary/aromatic N) is 3. The molecule has 6 rings (SSSR count). The zero-order valence-electron chi connectivity index (χ0n) is 22.2. The summed E-state index contributed by atoms with van der Waals surface area (Å²) in [6.07, 6.45) is 5.62. The van der Waals surface area contributed by atoms with Crippen molar-refractivity contribution in [3.05, 3.63) is 76.5 Å². The minimum atomic E-state index is -0.240. The molecular weight excluding hydrogens is 528 g/mol. The van der Waals surface area contributed by atoms with Crippen LogP contribution in [0, 0.1) is 6.92 Å². The summed E-state index contributed by atoms with van der Waals surface area (Å²) in [6.45, 7) is 6.06. The van der Waals surface area contributed by atoms with Crippen LogP contribution >= 0.6 is 22.9 Å². The van der Waals surface area contributed by atoms with E-state index in [1.807, 2.05) is 38.1 Å². The molecule has 1 aliphatic rings. The smallest absolute Gasteiger partial charge is 0.310 e. The zero-order valence-corrected chi connectivity index (χ0v) is 23.7. The fourth-order valence-corrected chi connectivity index (χ4v) is 6.56. The molecule has 1 N–H and O–H groups in total. The van der Waals surface area contributed by atoms with Crippen molar-refractivity contribution in [1.29, 1.82) is 0 Å². The molecule has 5 aromatic rings. The molecular formula is C31H29ClN4O2S. The number of thiazole rings is 1. The quantitative estimate of drug-likeness (QED) is 0.229. The van der Waals surface area contributed by atoms with Gasteiger partial charge in [0.1, 0.15) is 5.01 Å². The third kappa shape index (κ3) is 4.86. The monoisotopic (exact) mass is 556 g/mol. The van der Waals surface area contributed by atoms with E-state index in [1.54, 1.807) is 11.3 Å². The van der Waals surface area contributed by atoms with Crippen molar-refractivity contribution >= 4 is 55.7 Å².